The Morgan fingerprint density at radius 1 is 1.43 bits per heavy atom. The number of benzene rings is 1. The molecule has 112 valence electrons. The van der Waals surface area contributed by atoms with Gasteiger partial charge in [-0.2, -0.15) is 5.10 Å². The fourth-order valence-corrected chi connectivity index (χ4v) is 1.94. The molecule has 0 aliphatic heterocycles. The topological polar surface area (TPSA) is 83.8 Å². The van der Waals surface area contributed by atoms with Gasteiger partial charge in [0.25, 0.3) is 5.91 Å². The second kappa shape index (κ2) is 5.90. The molecule has 0 bridgehead atoms. The van der Waals surface area contributed by atoms with E-state index in [0.29, 0.717) is 12.1 Å². The Morgan fingerprint density at radius 3 is 2.81 bits per heavy atom. The van der Waals surface area contributed by atoms with Gasteiger partial charge >= 0.3 is 0 Å². The Morgan fingerprint density at radius 2 is 2.14 bits per heavy atom. The molecule has 1 heterocycles. The van der Waals surface area contributed by atoms with Crippen molar-refractivity contribution in [1.29, 1.82) is 0 Å². The molecule has 4 N–H and O–H groups in total. The maximum Gasteiger partial charge on any atom is 0.278 e. The van der Waals surface area contributed by atoms with Crippen LogP contribution < -0.4 is 11.1 Å². The van der Waals surface area contributed by atoms with E-state index in [4.69, 9.17) is 5.73 Å². The lowest BCUT2D eigenvalue weighted by Gasteiger charge is -2.08. The lowest BCUT2D eigenvalue weighted by Crippen LogP contribution is -2.16. The summed E-state index contributed by atoms with van der Waals surface area (Å²) in [6.45, 7) is 3.43. The van der Waals surface area contributed by atoms with Crippen molar-refractivity contribution in [2.24, 2.45) is 0 Å². The third-order valence-electron chi connectivity index (χ3n) is 3.12. The van der Waals surface area contributed by atoms with Gasteiger partial charge < -0.3 is 11.1 Å². The van der Waals surface area contributed by atoms with Gasteiger partial charge in [-0.15, -0.1) is 0 Å². The van der Waals surface area contributed by atoms with Gasteiger partial charge in [0.15, 0.2) is 11.5 Å². The Kier molecular flexibility index (Phi) is 4.21. The summed E-state index contributed by atoms with van der Waals surface area (Å²) in [5, 5.41) is 8.64. The van der Waals surface area contributed by atoms with Crippen molar-refractivity contribution in [2.45, 2.75) is 26.7 Å². The summed E-state index contributed by atoms with van der Waals surface area (Å²) in [7, 11) is 0. The highest BCUT2D eigenvalue weighted by atomic mass is 19.1. The molecular formula is C14H16F2N4O. The molecule has 0 fully saturated rings. The standard InChI is InChI=1S/C14H16F2N4O/c1-3-4-9-11(17)13(20-19-9)14(21)18-12-8(15)6-5-7(2)10(12)16/h5-6H,3-4,17H2,1-2H3,(H,18,21)(H,19,20). The largest absolute Gasteiger partial charge is 0.395 e. The van der Waals surface area contributed by atoms with Gasteiger partial charge in [-0.25, -0.2) is 8.78 Å². The number of H-pyrrole nitrogens is 1. The predicted molar refractivity (Wildman–Crippen MR) is 76.0 cm³/mol. The number of carbonyl (C=O) groups excluding carboxylic acids is 1. The van der Waals surface area contributed by atoms with E-state index in [2.05, 4.69) is 15.5 Å². The molecule has 0 atom stereocenters. The Balaban J connectivity index is 2.29. The van der Waals surface area contributed by atoms with E-state index < -0.39 is 23.2 Å². The minimum atomic E-state index is -0.852. The average Bonchev–Trinajstić information content (AvgIpc) is 2.81. The SMILES string of the molecule is CCCc1[nH]nc(C(=O)Nc2c(F)ccc(C)c2F)c1N. The minimum Gasteiger partial charge on any atom is -0.395 e. The van der Waals surface area contributed by atoms with Crippen LogP contribution in [-0.4, -0.2) is 16.1 Å². The highest BCUT2D eigenvalue weighted by Crippen LogP contribution is 2.23. The van der Waals surface area contributed by atoms with Gasteiger partial charge in [0.2, 0.25) is 0 Å². The van der Waals surface area contributed by atoms with Crippen LogP contribution in [0.1, 0.15) is 35.1 Å². The van der Waals surface area contributed by atoms with Gasteiger partial charge in [0.05, 0.1) is 11.4 Å². The molecule has 0 radical (unpaired) electrons. The molecule has 0 unspecified atom stereocenters. The van der Waals surface area contributed by atoms with Crippen molar-refractivity contribution >= 4 is 17.3 Å². The summed E-state index contributed by atoms with van der Waals surface area (Å²) >= 11 is 0. The van der Waals surface area contributed by atoms with Crippen molar-refractivity contribution in [3.05, 3.63) is 40.7 Å². The first kappa shape index (κ1) is 15.0. The Bertz CT molecular complexity index is 682. The van der Waals surface area contributed by atoms with Crippen LogP contribution in [0.4, 0.5) is 20.2 Å². The van der Waals surface area contributed by atoms with Crippen molar-refractivity contribution in [2.75, 3.05) is 11.1 Å². The van der Waals surface area contributed by atoms with E-state index in [1.54, 1.807) is 0 Å². The summed E-state index contributed by atoms with van der Waals surface area (Å²) in [6, 6.07) is 2.38. The molecule has 2 aromatic rings. The fraction of sp³-hybridized carbons (Fsp3) is 0.286. The van der Waals surface area contributed by atoms with E-state index in [-0.39, 0.29) is 16.9 Å². The third kappa shape index (κ3) is 2.86. The van der Waals surface area contributed by atoms with Crippen molar-refractivity contribution in [3.63, 3.8) is 0 Å². The number of hydrogen-bond acceptors (Lipinski definition) is 3. The number of nitrogens with two attached hydrogens (primary N) is 1. The normalized spacial score (nSPS) is 10.7. The van der Waals surface area contributed by atoms with E-state index in [9.17, 15) is 13.6 Å². The number of nitrogens with zero attached hydrogens (tertiary/aromatic N) is 1. The second-order valence-electron chi connectivity index (χ2n) is 4.72. The first-order valence-corrected chi connectivity index (χ1v) is 6.54. The maximum atomic E-state index is 13.9. The summed E-state index contributed by atoms with van der Waals surface area (Å²) < 4.78 is 27.5. The smallest absolute Gasteiger partial charge is 0.278 e. The highest BCUT2D eigenvalue weighted by molar-refractivity contribution is 6.06. The van der Waals surface area contributed by atoms with Crippen LogP contribution in [-0.2, 0) is 6.42 Å². The zero-order chi connectivity index (χ0) is 15.6. The molecule has 0 spiro atoms. The number of aryl methyl sites for hydroxylation is 2. The molecular weight excluding hydrogens is 278 g/mol. The third-order valence-corrected chi connectivity index (χ3v) is 3.12. The van der Waals surface area contributed by atoms with Gasteiger partial charge in [0, 0.05) is 0 Å². The van der Waals surface area contributed by atoms with E-state index in [1.807, 2.05) is 6.92 Å². The van der Waals surface area contributed by atoms with E-state index in [1.165, 1.54) is 13.0 Å². The Labute approximate surface area is 120 Å². The number of halogens is 2. The number of amides is 1. The number of anilines is 2. The molecule has 0 saturated carbocycles. The van der Waals surface area contributed by atoms with Crippen LogP contribution in [0, 0.1) is 18.6 Å². The van der Waals surface area contributed by atoms with Crippen LogP contribution in [0.15, 0.2) is 12.1 Å². The summed E-state index contributed by atoms with van der Waals surface area (Å²) in [5.74, 6) is -2.42. The number of nitrogen functional groups attached to an aromatic ring is 1. The lowest BCUT2D eigenvalue weighted by molar-refractivity contribution is 0.102. The van der Waals surface area contributed by atoms with Crippen LogP contribution in [0.5, 0.6) is 0 Å². The van der Waals surface area contributed by atoms with Crippen LogP contribution in [0.3, 0.4) is 0 Å². The predicted octanol–water partition coefficient (Wildman–Crippen LogP) is 2.78. The van der Waals surface area contributed by atoms with Crippen LogP contribution in [0.2, 0.25) is 0 Å². The number of aromatic amines is 1. The van der Waals surface area contributed by atoms with Crippen LogP contribution in [0.25, 0.3) is 0 Å². The molecule has 1 amide bonds. The molecule has 1 aromatic carbocycles. The molecule has 2 rings (SSSR count). The summed E-state index contributed by atoms with van der Waals surface area (Å²) in [6.07, 6.45) is 1.47. The molecule has 0 saturated heterocycles. The van der Waals surface area contributed by atoms with Crippen molar-refractivity contribution in [1.82, 2.24) is 10.2 Å². The summed E-state index contributed by atoms with van der Waals surface area (Å²) in [4.78, 5) is 12.1. The number of aromatic nitrogens is 2. The minimum absolute atomic E-state index is 0.0706. The molecule has 0 aliphatic carbocycles. The van der Waals surface area contributed by atoms with Gasteiger partial charge in [-0.3, -0.25) is 9.89 Å². The van der Waals surface area contributed by atoms with E-state index in [0.717, 1.165) is 12.5 Å². The molecule has 1 aromatic heterocycles. The van der Waals surface area contributed by atoms with Gasteiger partial charge in [0.1, 0.15) is 11.5 Å². The monoisotopic (exact) mass is 294 g/mol. The van der Waals surface area contributed by atoms with Crippen LogP contribution >= 0.6 is 0 Å². The quantitative estimate of drug-likeness (QED) is 0.810. The fourth-order valence-electron chi connectivity index (χ4n) is 1.94. The molecule has 21 heavy (non-hydrogen) atoms. The van der Waals surface area contributed by atoms with Crippen molar-refractivity contribution < 1.29 is 13.6 Å². The van der Waals surface area contributed by atoms with E-state index >= 15 is 0 Å². The Hall–Kier alpha value is -2.44. The number of nitrogens with one attached hydrogen (secondary N) is 2. The lowest BCUT2D eigenvalue weighted by atomic mass is 10.1. The van der Waals surface area contributed by atoms with Gasteiger partial charge in [-0.05, 0) is 25.0 Å². The number of rotatable bonds is 4. The molecule has 5 nitrogen and oxygen atoms in total. The molecule has 7 heteroatoms. The highest BCUT2D eigenvalue weighted by Gasteiger charge is 2.20. The summed E-state index contributed by atoms with van der Waals surface area (Å²) in [5.41, 5.74) is 6.30. The van der Waals surface area contributed by atoms with Crippen molar-refractivity contribution in [3.8, 4) is 0 Å². The molecule has 0 aliphatic rings. The zero-order valence-electron chi connectivity index (χ0n) is 11.8. The first-order valence-electron chi connectivity index (χ1n) is 6.54. The number of hydrogen-bond donors (Lipinski definition) is 3. The zero-order valence-corrected chi connectivity index (χ0v) is 11.8. The average molecular weight is 294 g/mol. The second-order valence-corrected chi connectivity index (χ2v) is 4.72. The maximum absolute atomic E-state index is 13.9. The number of carbonyl (C=O) groups is 1. The van der Waals surface area contributed by atoms with Gasteiger partial charge in [-0.1, -0.05) is 19.4 Å². The first-order chi connectivity index (χ1) is 9.95.